The largest absolute Gasteiger partial charge is 0.457 e. The van der Waals surface area contributed by atoms with Gasteiger partial charge in [-0.25, -0.2) is 14.2 Å². The Morgan fingerprint density at radius 3 is 2.34 bits per heavy atom. The van der Waals surface area contributed by atoms with E-state index in [0.29, 0.717) is 43.7 Å². The van der Waals surface area contributed by atoms with Gasteiger partial charge >= 0.3 is 15.7 Å². The molecule has 1 aromatic rings. The van der Waals surface area contributed by atoms with Gasteiger partial charge in [0, 0.05) is 19.2 Å². The number of allylic oxidation sites excluding steroid dienone is 1. The fourth-order valence-corrected chi connectivity index (χ4v) is 3.63. The molecule has 0 radical (unpaired) electrons. The van der Waals surface area contributed by atoms with Gasteiger partial charge in [-0.05, 0) is 64.2 Å². The average Bonchev–Trinajstić information content (AvgIpc) is 2.87. The first-order valence-corrected chi connectivity index (χ1v) is 11.3. The zero-order chi connectivity index (χ0) is 21.9. The van der Waals surface area contributed by atoms with Gasteiger partial charge in [-0.2, -0.15) is 0 Å². The maximum atomic E-state index is 12.1. The standard InChI is InChI=1S/C21H36N2O5S/c1-5-6-9-12-17(24)14-16-23-20(27)29-19(26)22(23)15-11-8-7-10-13-18(25)28-21(2,3)4/h10,13,17,24H,5-9,11-12,14-16H2,1-4H3. The number of nitrogens with zero attached hydrogens (tertiary/aromatic N) is 2. The predicted octanol–water partition coefficient (Wildman–Crippen LogP) is 3.47. The van der Waals surface area contributed by atoms with Crippen molar-refractivity contribution >= 4 is 17.3 Å². The van der Waals surface area contributed by atoms with Crippen LogP contribution in [0.3, 0.4) is 0 Å². The number of aliphatic hydroxyl groups is 1. The van der Waals surface area contributed by atoms with E-state index in [4.69, 9.17) is 4.74 Å². The SMILES string of the molecule is CCCCCC(O)CCn1c(=O)sc(=O)n1CCCCC=CC(=O)OC(C)(C)C. The van der Waals surface area contributed by atoms with Crippen LogP contribution in [-0.4, -0.2) is 32.1 Å². The average molecular weight is 429 g/mol. The van der Waals surface area contributed by atoms with Crippen LogP contribution in [0.4, 0.5) is 0 Å². The van der Waals surface area contributed by atoms with Crippen molar-refractivity contribution in [3.05, 3.63) is 31.5 Å². The Morgan fingerprint density at radius 2 is 1.72 bits per heavy atom. The normalized spacial score (nSPS) is 13.1. The van der Waals surface area contributed by atoms with Gasteiger partial charge in [0.05, 0.1) is 6.10 Å². The van der Waals surface area contributed by atoms with Crippen LogP contribution < -0.4 is 9.75 Å². The van der Waals surface area contributed by atoms with E-state index in [9.17, 15) is 19.5 Å². The van der Waals surface area contributed by atoms with Gasteiger partial charge in [-0.1, -0.05) is 32.3 Å². The number of carbonyl (C=O) groups excluding carboxylic acids is 1. The molecule has 0 saturated heterocycles. The molecule has 166 valence electrons. The van der Waals surface area contributed by atoms with Crippen molar-refractivity contribution in [2.24, 2.45) is 0 Å². The maximum Gasteiger partial charge on any atom is 0.330 e. The Labute approximate surface area is 177 Å². The molecule has 1 unspecified atom stereocenters. The predicted molar refractivity (Wildman–Crippen MR) is 116 cm³/mol. The first kappa shape index (κ1) is 25.4. The van der Waals surface area contributed by atoms with E-state index in [2.05, 4.69) is 6.92 Å². The van der Waals surface area contributed by atoms with Crippen molar-refractivity contribution in [3.8, 4) is 0 Å². The topological polar surface area (TPSA) is 90.5 Å². The van der Waals surface area contributed by atoms with Crippen LogP contribution in [-0.2, 0) is 22.6 Å². The number of unbranched alkanes of at least 4 members (excludes halogenated alkanes) is 4. The van der Waals surface area contributed by atoms with Gasteiger partial charge in [0.1, 0.15) is 5.60 Å². The summed E-state index contributed by atoms with van der Waals surface area (Å²) < 4.78 is 8.12. The van der Waals surface area contributed by atoms with Gasteiger partial charge in [0.15, 0.2) is 0 Å². The molecule has 0 saturated carbocycles. The van der Waals surface area contributed by atoms with E-state index in [1.54, 1.807) is 6.08 Å². The van der Waals surface area contributed by atoms with Gasteiger partial charge in [-0.3, -0.25) is 9.59 Å². The van der Waals surface area contributed by atoms with Crippen molar-refractivity contribution in [3.63, 3.8) is 0 Å². The second kappa shape index (κ2) is 12.8. The number of esters is 1. The first-order valence-electron chi connectivity index (χ1n) is 10.5. The van der Waals surface area contributed by atoms with Crippen LogP contribution in [0.2, 0.25) is 0 Å². The molecule has 1 atom stereocenters. The zero-order valence-corrected chi connectivity index (χ0v) is 19.0. The zero-order valence-electron chi connectivity index (χ0n) is 18.2. The molecule has 29 heavy (non-hydrogen) atoms. The lowest BCUT2D eigenvalue weighted by Crippen LogP contribution is -2.28. The minimum atomic E-state index is -0.505. The van der Waals surface area contributed by atoms with E-state index in [1.165, 1.54) is 15.4 Å². The molecule has 0 spiro atoms. The van der Waals surface area contributed by atoms with E-state index < -0.39 is 11.7 Å². The summed E-state index contributed by atoms with van der Waals surface area (Å²) >= 11 is 0.704. The summed E-state index contributed by atoms with van der Waals surface area (Å²) in [6, 6.07) is 0. The molecule has 0 aromatic carbocycles. The molecule has 1 heterocycles. The minimum Gasteiger partial charge on any atom is -0.457 e. The molecule has 0 aliphatic carbocycles. The highest BCUT2D eigenvalue weighted by atomic mass is 32.1. The summed E-state index contributed by atoms with van der Waals surface area (Å²) in [6.45, 7) is 8.37. The lowest BCUT2D eigenvalue weighted by Gasteiger charge is -2.17. The minimum absolute atomic E-state index is 0.264. The number of ether oxygens (including phenoxy) is 1. The van der Waals surface area contributed by atoms with E-state index >= 15 is 0 Å². The Morgan fingerprint density at radius 1 is 1.07 bits per heavy atom. The smallest absolute Gasteiger partial charge is 0.330 e. The third-order valence-corrected chi connectivity index (χ3v) is 5.12. The Hall–Kier alpha value is -1.67. The molecule has 0 aliphatic rings. The van der Waals surface area contributed by atoms with Crippen molar-refractivity contribution in [1.29, 1.82) is 0 Å². The fourth-order valence-electron chi connectivity index (χ4n) is 2.89. The Balaban J connectivity index is 2.45. The van der Waals surface area contributed by atoms with Gasteiger partial charge in [-0.15, -0.1) is 0 Å². The van der Waals surface area contributed by atoms with Crippen LogP contribution in [0.5, 0.6) is 0 Å². The molecule has 7 nitrogen and oxygen atoms in total. The summed E-state index contributed by atoms with van der Waals surface area (Å²) in [6.07, 6.45) is 9.30. The van der Waals surface area contributed by atoms with Crippen LogP contribution in [0.1, 0.15) is 79.1 Å². The number of aliphatic hydroxyl groups excluding tert-OH is 1. The number of hydrogen-bond donors (Lipinski definition) is 1. The summed E-state index contributed by atoms with van der Waals surface area (Å²) in [5.41, 5.74) is -0.505. The van der Waals surface area contributed by atoms with E-state index in [0.717, 1.165) is 32.1 Å². The number of aromatic nitrogens is 2. The fraction of sp³-hybridized carbons (Fsp3) is 0.762. The second-order valence-corrected chi connectivity index (χ2v) is 9.15. The molecular weight excluding hydrogens is 392 g/mol. The molecular formula is C21H36N2O5S. The Kier molecular flexibility index (Phi) is 11.2. The molecule has 1 aromatic heterocycles. The van der Waals surface area contributed by atoms with Crippen LogP contribution in [0, 0.1) is 0 Å². The molecule has 0 fully saturated rings. The lowest BCUT2D eigenvalue weighted by atomic mass is 10.1. The van der Waals surface area contributed by atoms with E-state index in [-0.39, 0.29) is 15.7 Å². The number of carbonyl (C=O) groups is 1. The van der Waals surface area contributed by atoms with Crippen LogP contribution in [0.25, 0.3) is 0 Å². The van der Waals surface area contributed by atoms with Crippen molar-refractivity contribution in [1.82, 2.24) is 9.36 Å². The second-order valence-electron chi connectivity index (χ2n) is 8.25. The van der Waals surface area contributed by atoms with Gasteiger partial charge < -0.3 is 9.84 Å². The molecule has 1 N–H and O–H groups in total. The number of rotatable bonds is 13. The monoisotopic (exact) mass is 428 g/mol. The molecule has 0 aliphatic heterocycles. The lowest BCUT2D eigenvalue weighted by molar-refractivity contribution is -0.148. The molecule has 0 bridgehead atoms. The summed E-state index contributed by atoms with van der Waals surface area (Å²) in [7, 11) is 0. The van der Waals surface area contributed by atoms with E-state index in [1.807, 2.05) is 20.8 Å². The van der Waals surface area contributed by atoms with Crippen molar-refractivity contribution < 1.29 is 14.6 Å². The summed E-state index contributed by atoms with van der Waals surface area (Å²) in [5.74, 6) is -0.363. The molecule has 8 heteroatoms. The third-order valence-electron chi connectivity index (χ3n) is 4.35. The van der Waals surface area contributed by atoms with Crippen molar-refractivity contribution in [2.75, 3.05) is 0 Å². The summed E-state index contributed by atoms with van der Waals surface area (Å²) in [5, 5.41) is 10.1. The Bertz CT molecular complexity index is 754. The highest BCUT2D eigenvalue weighted by molar-refractivity contribution is 7.06. The van der Waals surface area contributed by atoms with Gasteiger partial charge in [0.25, 0.3) is 0 Å². The quantitative estimate of drug-likeness (QED) is 0.295. The number of hydrogen-bond acceptors (Lipinski definition) is 6. The molecule has 1 rings (SSSR count). The highest BCUT2D eigenvalue weighted by Gasteiger charge is 2.14. The van der Waals surface area contributed by atoms with Crippen LogP contribution in [0.15, 0.2) is 21.7 Å². The maximum absolute atomic E-state index is 12.1. The van der Waals surface area contributed by atoms with Crippen molar-refractivity contribution in [2.45, 2.75) is 104 Å². The summed E-state index contributed by atoms with van der Waals surface area (Å²) in [4.78, 5) is 35.2. The third kappa shape index (κ3) is 10.6. The van der Waals surface area contributed by atoms with Crippen LogP contribution >= 0.6 is 11.3 Å². The van der Waals surface area contributed by atoms with Gasteiger partial charge in [0.2, 0.25) is 0 Å². The first-order chi connectivity index (χ1) is 13.6. The molecule has 0 amide bonds. The highest BCUT2D eigenvalue weighted by Crippen LogP contribution is 2.09.